The van der Waals surface area contributed by atoms with Gasteiger partial charge in [-0.3, -0.25) is 4.79 Å². The lowest BCUT2D eigenvalue weighted by molar-refractivity contribution is 0.0891. The summed E-state index contributed by atoms with van der Waals surface area (Å²) in [6, 6.07) is 4.36. The van der Waals surface area contributed by atoms with Crippen LogP contribution in [0.2, 0.25) is 25.7 Å². The summed E-state index contributed by atoms with van der Waals surface area (Å²) in [5, 5.41) is 3.16. The monoisotopic (exact) mass is 528 g/mol. The van der Waals surface area contributed by atoms with E-state index in [2.05, 4.69) is 34.9 Å². The molecule has 4 rings (SSSR count). The molecular formula is C25H30F2N6O3Si. The number of amides is 1. The normalized spacial score (nSPS) is 11.7. The van der Waals surface area contributed by atoms with Crippen LogP contribution in [0.15, 0.2) is 43.1 Å². The molecule has 0 radical (unpaired) electrons. The lowest BCUT2D eigenvalue weighted by Gasteiger charge is -2.15. The van der Waals surface area contributed by atoms with Crippen LogP contribution >= 0.6 is 0 Å². The molecule has 12 heteroatoms. The minimum absolute atomic E-state index is 0.0686. The molecule has 0 aliphatic rings. The predicted octanol–water partition coefficient (Wildman–Crippen LogP) is 4.66. The zero-order valence-corrected chi connectivity index (χ0v) is 22.2. The zero-order chi connectivity index (χ0) is 26.7. The summed E-state index contributed by atoms with van der Waals surface area (Å²) in [5.74, 6) is -2.89. The number of nitrogens with one attached hydrogen (secondary N) is 1. The Hall–Kier alpha value is -3.77. The molecular weight excluding hydrogens is 498 g/mol. The average Bonchev–Trinajstić information content (AvgIpc) is 3.40. The first kappa shape index (κ1) is 26.3. The van der Waals surface area contributed by atoms with Gasteiger partial charge in [0.05, 0.1) is 29.5 Å². The van der Waals surface area contributed by atoms with Crippen molar-refractivity contribution in [3.63, 3.8) is 0 Å². The van der Waals surface area contributed by atoms with Crippen molar-refractivity contribution in [2.24, 2.45) is 7.05 Å². The highest BCUT2D eigenvalue weighted by Crippen LogP contribution is 2.35. The first-order chi connectivity index (χ1) is 17.5. The van der Waals surface area contributed by atoms with Crippen molar-refractivity contribution < 1.29 is 23.0 Å². The Kier molecular flexibility index (Phi) is 7.59. The highest BCUT2D eigenvalue weighted by molar-refractivity contribution is 6.76. The second kappa shape index (κ2) is 10.7. The first-order valence-electron chi connectivity index (χ1n) is 11.7. The van der Waals surface area contributed by atoms with Gasteiger partial charge < -0.3 is 29.7 Å². The number of imidazole rings is 1. The Bertz CT molecular complexity index is 1410. The lowest BCUT2D eigenvalue weighted by atomic mass is 10.2. The quantitative estimate of drug-likeness (QED) is 0.176. The van der Waals surface area contributed by atoms with E-state index in [1.54, 1.807) is 27.9 Å². The average molecular weight is 529 g/mol. The summed E-state index contributed by atoms with van der Waals surface area (Å²) >= 11 is 0. The molecule has 9 nitrogen and oxygen atoms in total. The van der Waals surface area contributed by atoms with E-state index in [9.17, 15) is 13.6 Å². The minimum atomic E-state index is -1.29. The molecule has 0 spiro atoms. The summed E-state index contributed by atoms with van der Waals surface area (Å²) in [5.41, 5.74) is 6.87. The molecule has 3 heterocycles. The van der Waals surface area contributed by atoms with E-state index >= 15 is 0 Å². The highest BCUT2D eigenvalue weighted by Gasteiger charge is 2.23. The fourth-order valence-corrected chi connectivity index (χ4v) is 4.45. The number of benzene rings is 1. The fourth-order valence-electron chi connectivity index (χ4n) is 3.69. The molecule has 1 aromatic carbocycles. The number of halogens is 2. The zero-order valence-electron chi connectivity index (χ0n) is 21.2. The minimum Gasteiger partial charge on any atom is -0.450 e. The number of aryl methyl sites for hydroxylation is 1. The van der Waals surface area contributed by atoms with E-state index < -0.39 is 31.4 Å². The Morgan fingerprint density at radius 2 is 1.95 bits per heavy atom. The third-order valence-electron chi connectivity index (χ3n) is 5.77. The Balaban J connectivity index is 1.69. The van der Waals surface area contributed by atoms with Crippen LogP contribution in [0.1, 0.15) is 16.1 Å². The number of hydrogen-bond acceptors (Lipinski definition) is 6. The lowest BCUT2D eigenvalue weighted by Crippen LogP contribution is -2.23. The summed E-state index contributed by atoms with van der Waals surface area (Å²) in [6.07, 6.45) is 6.34. The van der Waals surface area contributed by atoms with Gasteiger partial charge >= 0.3 is 0 Å². The third kappa shape index (κ3) is 6.14. The molecule has 37 heavy (non-hydrogen) atoms. The molecule has 0 saturated heterocycles. The third-order valence-corrected chi connectivity index (χ3v) is 7.47. The molecule has 0 atom stereocenters. The van der Waals surface area contributed by atoms with Gasteiger partial charge in [-0.05, 0) is 12.1 Å². The van der Waals surface area contributed by atoms with E-state index in [1.165, 1.54) is 12.3 Å². The number of nitrogens with zero attached hydrogens (tertiary/aromatic N) is 4. The number of aromatic nitrogens is 4. The standard InChI is InChI=1S/C25H30F2N6O3Si/c1-32-14-29-11-17(32)12-31-25(34)18-13-33(15-35-7-8-37(2,3)4)24-22(18)21(5-6-30-24)36-23-19(26)9-16(28)10-20(23)27/h5-6,9-11,13-14H,7-8,12,15,28H2,1-4H3,(H,31,34). The maximum absolute atomic E-state index is 14.5. The number of pyridine rings is 1. The Morgan fingerprint density at radius 1 is 1.22 bits per heavy atom. The van der Waals surface area contributed by atoms with Crippen LogP contribution in [0, 0.1) is 11.6 Å². The molecule has 0 aliphatic heterocycles. The number of carbonyl (C=O) groups excluding carboxylic acids is 1. The molecule has 0 aliphatic carbocycles. The van der Waals surface area contributed by atoms with Gasteiger partial charge in [0.25, 0.3) is 5.91 Å². The van der Waals surface area contributed by atoms with E-state index in [0.29, 0.717) is 17.6 Å². The van der Waals surface area contributed by atoms with Crippen molar-refractivity contribution in [2.45, 2.75) is 39.0 Å². The van der Waals surface area contributed by atoms with Crippen molar-refractivity contribution in [2.75, 3.05) is 12.3 Å². The van der Waals surface area contributed by atoms with Gasteiger partial charge in [-0.25, -0.2) is 18.7 Å². The number of nitrogen functional groups attached to an aromatic ring is 1. The van der Waals surface area contributed by atoms with Crippen LogP contribution < -0.4 is 15.8 Å². The van der Waals surface area contributed by atoms with E-state index in [1.807, 2.05) is 7.05 Å². The number of hydrogen-bond donors (Lipinski definition) is 2. The van der Waals surface area contributed by atoms with Gasteiger partial charge in [0, 0.05) is 58.1 Å². The summed E-state index contributed by atoms with van der Waals surface area (Å²) in [4.78, 5) is 21.7. The summed E-state index contributed by atoms with van der Waals surface area (Å²) < 4.78 is 44.0. The number of ether oxygens (including phenoxy) is 2. The number of nitrogens with two attached hydrogens (primary N) is 1. The van der Waals surface area contributed by atoms with Crippen molar-refractivity contribution in [1.29, 1.82) is 0 Å². The molecule has 0 saturated carbocycles. The molecule has 3 aromatic heterocycles. The number of carbonyl (C=O) groups is 1. The molecule has 196 valence electrons. The maximum Gasteiger partial charge on any atom is 0.253 e. The van der Waals surface area contributed by atoms with Gasteiger partial charge in [0.15, 0.2) is 17.4 Å². The van der Waals surface area contributed by atoms with Gasteiger partial charge in [-0.2, -0.15) is 0 Å². The van der Waals surface area contributed by atoms with Crippen molar-refractivity contribution >= 4 is 30.7 Å². The van der Waals surface area contributed by atoms with Crippen molar-refractivity contribution in [1.82, 2.24) is 24.4 Å². The second-order valence-electron chi connectivity index (χ2n) is 9.96. The largest absolute Gasteiger partial charge is 0.450 e. The molecule has 3 N–H and O–H groups in total. The number of rotatable bonds is 10. The summed E-state index contributed by atoms with van der Waals surface area (Å²) in [7, 11) is 0.531. The molecule has 4 aromatic rings. The van der Waals surface area contributed by atoms with Crippen LogP contribution in [0.3, 0.4) is 0 Å². The fraction of sp³-hybridized carbons (Fsp3) is 0.320. The van der Waals surface area contributed by atoms with Crippen LogP contribution in [-0.2, 0) is 25.1 Å². The highest BCUT2D eigenvalue weighted by atomic mass is 28.3. The first-order valence-corrected chi connectivity index (χ1v) is 15.5. The van der Waals surface area contributed by atoms with E-state index in [-0.39, 0.29) is 30.3 Å². The van der Waals surface area contributed by atoms with Gasteiger partial charge in [-0.1, -0.05) is 19.6 Å². The predicted molar refractivity (Wildman–Crippen MR) is 139 cm³/mol. The summed E-state index contributed by atoms with van der Waals surface area (Å²) in [6.45, 7) is 7.71. The van der Waals surface area contributed by atoms with Crippen molar-refractivity contribution in [3.05, 3.63) is 66.0 Å². The number of anilines is 1. The van der Waals surface area contributed by atoms with Crippen molar-refractivity contribution in [3.8, 4) is 11.5 Å². The number of fused-ring (bicyclic) bond motifs is 1. The molecule has 0 bridgehead atoms. The van der Waals surface area contributed by atoms with Gasteiger partial charge in [0.2, 0.25) is 0 Å². The Labute approximate surface area is 214 Å². The molecule has 0 unspecified atom stereocenters. The van der Waals surface area contributed by atoms with E-state index in [4.69, 9.17) is 15.2 Å². The van der Waals surface area contributed by atoms with Gasteiger partial charge in [-0.15, -0.1) is 0 Å². The second-order valence-corrected chi connectivity index (χ2v) is 15.6. The van der Waals surface area contributed by atoms with Crippen LogP contribution in [0.4, 0.5) is 14.5 Å². The van der Waals surface area contributed by atoms with Gasteiger partial charge in [0.1, 0.15) is 18.1 Å². The molecule has 0 fully saturated rings. The van der Waals surface area contributed by atoms with Crippen LogP contribution in [0.5, 0.6) is 11.5 Å². The Morgan fingerprint density at radius 3 is 2.59 bits per heavy atom. The SMILES string of the molecule is Cn1cncc1CNC(=O)c1cn(COCC[Si](C)(C)C)c2nccc(Oc3c(F)cc(N)cc3F)c12. The van der Waals surface area contributed by atoms with Crippen LogP contribution in [-0.4, -0.2) is 39.7 Å². The maximum atomic E-state index is 14.5. The van der Waals surface area contributed by atoms with Crippen LogP contribution in [0.25, 0.3) is 11.0 Å². The molecule has 1 amide bonds. The van der Waals surface area contributed by atoms with E-state index in [0.717, 1.165) is 23.9 Å². The topological polar surface area (TPSA) is 109 Å². The smallest absolute Gasteiger partial charge is 0.253 e.